The zero-order chi connectivity index (χ0) is 18.6. The smallest absolute Gasteiger partial charge is 0.416 e. The van der Waals surface area contributed by atoms with Crippen LogP contribution in [0.3, 0.4) is 0 Å². The largest absolute Gasteiger partial charge is 0.484 e. The van der Waals surface area contributed by atoms with Crippen molar-refractivity contribution in [3.8, 4) is 5.75 Å². The Kier molecular flexibility index (Phi) is 6.13. The molecule has 1 aliphatic rings. The zero-order valence-electron chi connectivity index (χ0n) is 13.9. The summed E-state index contributed by atoms with van der Waals surface area (Å²) in [5, 5.41) is 2.43. The molecule has 2 aromatic rings. The number of benzene rings is 1. The fraction of sp³-hybridized carbons (Fsp3) is 0.389. The highest BCUT2D eigenvalue weighted by molar-refractivity contribution is 7.99. The number of carbonyl (C=O) groups excluding carboxylic acids is 1. The van der Waals surface area contributed by atoms with Gasteiger partial charge in [0.25, 0.3) is 5.91 Å². The van der Waals surface area contributed by atoms with E-state index in [9.17, 15) is 18.0 Å². The van der Waals surface area contributed by atoms with Crippen LogP contribution in [-0.4, -0.2) is 36.3 Å². The van der Waals surface area contributed by atoms with Crippen molar-refractivity contribution in [2.24, 2.45) is 0 Å². The van der Waals surface area contributed by atoms with E-state index in [1.807, 2.05) is 23.2 Å². The number of thioether (sulfide) groups is 1. The van der Waals surface area contributed by atoms with Crippen molar-refractivity contribution in [1.82, 2.24) is 4.90 Å². The van der Waals surface area contributed by atoms with Gasteiger partial charge in [-0.15, -0.1) is 11.3 Å². The van der Waals surface area contributed by atoms with E-state index in [1.165, 1.54) is 17.0 Å². The van der Waals surface area contributed by atoms with Crippen LogP contribution in [0.4, 0.5) is 13.2 Å². The summed E-state index contributed by atoms with van der Waals surface area (Å²) < 4.78 is 43.5. The van der Waals surface area contributed by atoms with E-state index in [4.69, 9.17) is 4.74 Å². The number of alkyl halides is 3. The number of carbonyl (C=O) groups is 1. The van der Waals surface area contributed by atoms with Gasteiger partial charge in [0.15, 0.2) is 6.61 Å². The summed E-state index contributed by atoms with van der Waals surface area (Å²) in [7, 11) is 0. The van der Waals surface area contributed by atoms with Gasteiger partial charge in [0.05, 0.1) is 5.56 Å². The van der Waals surface area contributed by atoms with E-state index in [1.54, 1.807) is 16.2 Å². The summed E-state index contributed by atoms with van der Waals surface area (Å²) in [5.41, 5.74) is -0.785. The molecule has 0 saturated carbocycles. The molecular weight excluding hydrogens is 383 g/mol. The number of nitrogens with zero attached hydrogens (tertiary/aromatic N) is 1. The summed E-state index contributed by atoms with van der Waals surface area (Å²) in [6.45, 7) is 0.993. The van der Waals surface area contributed by atoms with Crippen molar-refractivity contribution in [1.29, 1.82) is 0 Å². The van der Waals surface area contributed by atoms with Crippen LogP contribution in [0.1, 0.15) is 22.1 Å². The van der Waals surface area contributed by atoms with Crippen molar-refractivity contribution < 1.29 is 22.7 Å². The molecule has 3 rings (SSSR count). The fourth-order valence-corrected chi connectivity index (χ4v) is 4.96. The molecule has 1 fully saturated rings. The lowest BCUT2D eigenvalue weighted by atomic mass is 10.2. The Bertz CT molecular complexity index is 734. The first kappa shape index (κ1) is 19.1. The minimum atomic E-state index is -4.43. The molecule has 1 amide bonds. The summed E-state index contributed by atoms with van der Waals surface area (Å²) in [6, 6.07) is 8.72. The number of amides is 1. The minimum Gasteiger partial charge on any atom is -0.484 e. The fourth-order valence-electron chi connectivity index (χ4n) is 2.72. The van der Waals surface area contributed by atoms with E-state index in [2.05, 4.69) is 6.07 Å². The minimum absolute atomic E-state index is 0.0498. The van der Waals surface area contributed by atoms with Crippen LogP contribution in [0.25, 0.3) is 0 Å². The van der Waals surface area contributed by atoms with Crippen LogP contribution in [0.2, 0.25) is 0 Å². The third-order valence-electron chi connectivity index (χ3n) is 4.08. The van der Waals surface area contributed by atoms with E-state index in [0.29, 0.717) is 18.3 Å². The normalized spacial score (nSPS) is 18.4. The van der Waals surface area contributed by atoms with Crippen molar-refractivity contribution in [3.05, 3.63) is 52.2 Å². The van der Waals surface area contributed by atoms with Crippen LogP contribution < -0.4 is 4.74 Å². The van der Waals surface area contributed by atoms with Gasteiger partial charge in [0.2, 0.25) is 0 Å². The molecule has 1 aliphatic heterocycles. The SMILES string of the molecule is O=C(COc1cccc(C(F)(F)F)c1)N1CCS[C@H](c2cccs2)CC1. The first-order valence-electron chi connectivity index (χ1n) is 8.16. The van der Waals surface area contributed by atoms with Crippen molar-refractivity contribution in [2.75, 3.05) is 25.4 Å². The monoisotopic (exact) mass is 401 g/mol. The summed E-state index contributed by atoms with van der Waals surface area (Å²) >= 11 is 3.55. The molecule has 1 aromatic heterocycles. The quantitative estimate of drug-likeness (QED) is 0.733. The zero-order valence-corrected chi connectivity index (χ0v) is 15.5. The Balaban J connectivity index is 1.54. The van der Waals surface area contributed by atoms with Crippen LogP contribution in [0.5, 0.6) is 5.75 Å². The van der Waals surface area contributed by atoms with Crippen LogP contribution in [0.15, 0.2) is 41.8 Å². The summed E-state index contributed by atoms with van der Waals surface area (Å²) in [4.78, 5) is 15.4. The average Bonchev–Trinajstić information content (AvgIpc) is 3.04. The first-order chi connectivity index (χ1) is 12.4. The average molecular weight is 401 g/mol. The molecule has 8 heteroatoms. The molecule has 0 bridgehead atoms. The molecule has 0 N–H and O–H groups in total. The number of halogens is 3. The predicted molar refractivity (Wildman–Crippen MR) is 97.7 cm³/mol. The Morgan fingerprint density at radius 1 is 1.23 bits per heavy atom. The Morgan fingerprint density at radius 2 is 2.08 bits per heavy atom. The van der Waals surface area contributed by atoms with Crippen LogP contribution in [0, 0.1) is 0 Å². The Hall–Kier alpha value is -1.67. The molecule has 140 valence electrons. The van der Waals surface area contributed by atoms with Crippen LogP contribution in [-0.2, 0) is 11.0 Å². The van der Waals surface area contributed by atoms with Gasteiger partial charge in [-0.2, -0.15) is 24.9 Å². The van der Waals surface area contributed by atoms with E-state index in [0.717, 1.165) is 24.3 Å². The molecule has 0 aliphatic carbocycles. The summed E-state index contributed by atoms with van der Waals surface area (Å²) in [5.74, 6) is 0.682. The second-order valence-electron chi connectivity index (χ2n) is 5.86. The van der Waals surface area contributed by atoms with Gasteiger partial charge in [-0.3, -0.25) is 4.79 Å². The molecule has 3 nitrogen and oxygen atoms in total. The maximum atomic E-state index is 12.7. The maximum Gasteiger partial charge on any atom is 0.416 e. The van der Waals surface area contributed by atoms with Gasteiger partial charge in [0.1, 0.15) is 5.75 Å². The molecule has 0 unspecified atom stereocenters. The molecule has 1 atom stereocenters. The van der Waals surface area contributed by atoms with E-state index in [-0.39, 0.29) is 18.3 Å². The first-order valence-corrected chi connectivity index (χ1v) is 10.1. The Labute approximate surface area is 158 Å². The number of ether oxygens (including phenoxy) is 1. The topological polar surface area (TPSA) is 29.5 Å². The highest BCUT2D eigenvalue weighted by Crippen LogP contribution is 2.36. The van der Waals surface area contributed by atoms with Gasteiger partial charge in [-0.1, -0.05) is 12.1 Å². The van der Waals surface area contributed by atoms with Gasteiger partial charge in [-0.25, -0.2) is 0 Å². The van der Waals surface area contributed by atoms with Gasteiger partial charge in [-0.05, 0) is 36.1 Å². The second-order valence-corrected chi connectivity index (χ2v) is 8.15. The maximum absolute atomic E-state index is 12.7. The molecule has 2 heterocycles. The molecule has 0 radical (unpaired) electrons. The molecular formula is C18H18F3NO2S2. The van der Waals surface area contributed by atoms with Crippen molar-refractivity contribution in [3.63, 3.8) is 0 Å². The predicted octanol–water partition coefficient (Wildman–Crippen LogP) is 4.85. The van der Waals surface area contributed by atoms with Gasteiger partial charge in [0, 0.05) is 29.0 Å². The van der Waals surface area contributed by atoms with Crippen molar-refractivity contribution >= 4 is 29.0 Å². The third-order valence-corrected chi connectivity index (χ3v) is 6.52. The lowest BCUT2D eigenvalue weighted by molar-refractivity contribution is -0.137. The number of hydrogen-bond acceptors (Lipinski definition) is 4. The molecule has 26 heavy (non-hydrogen) atoms. The standard InChI is InChI=1S/C18H18F3NO2S2/c19-18(20,21)13-3-1-4-14(11-13)24-12-17(23)22-7-6-16(26-10-8-22)15-5-2-9-25-15/h1-5,9,11,16H,6-8,10,12H2/t16-/m0/s1. The molecule has 1 aromatic carbocycles. The van der Waals surface area contributed by atoms with Gasteiger partial charge >= 0.3 is 6.18 Å². The highest BCUT2D eigenvalue weighted by Gasteiger charge is 2.30. The number of rotatable bonds is 4. The molecule has 0 spiro atoms. The number of hydrogen-bond donors (Lipinski definition) is 0. The number of thiophene rings is 1. The Morgan fingerprint density at radius 3 is 2.81 bits per heavy atom. The van der Waals surface area contributed by atoms with Gasteiger partial charge < -0.3 is 9.64 Å². The molecule has 1 saturated heterocycles. The lowest BCUT2D eigenvalue weighted by Gasteiger charge is -2.20. The van der Waals surface area contributed by atoms with Crippen molar-refractivity contribution in [2.45, 2.75) is 17.8 Å². The van der Waals surface area contributed by atoms with E-state index < -0.39 is 11.7 Å². The highest BCUT2D eigenvalue weighted by atomic mass is 32.2. The second kappa shape index (κ2) is 8.35. The lowest BCUT2D eigenvalue weighted by Crippen LogP contribution is -2.36. The summed E-state index contributed by atoms with van der Waals surface area (Å²) in [6.07, 6.45) is -3.57. The van der Waals surface area contributed by atoms with E-state index >= 15 is 0 Å². The third kappa shape index (κ3) is 4.94. The van der Waals surface area contributed by atoms with Crippen LogP contribution >= 0.6 is 23.1 Å².